The topological polar surface area (TPSA) is 83.6 Å². The average molecular weight is 250 g/mol. The number of nitrogen functional groups attached to an aromatic ring is 1. The number of benzene rings is 1. The molecule has 5 heteroatoms. The van der Waals surface area contributed by atoms with E-state index < -0.39 is 5.97 Å². The Labute approximate surface area is 106 Å². The smallest absolute Gasteiger partial charge is 0.335 e. The van der Waals surface area contributed by atoms with Crippen molar-refractivity contribution in [3.8, 4) is 0 Å². The summed E-state index contributed by atoms with van der Waals surface area (Å²) in [4.78, 5) is 24.3. The molecule has 0 aliphatic carbocycles. The number of carboxylic acid groups (broad SMARTS) is 1. The van der Waals surface area contributed by atoms with E-state index in [-0.39, 0.29) is 23.1 Å². The van der Waals surface area contributed by atoms with Crippen molar-refractivity contribution in [2.24, 2.45) is 5.92 Å². The van der Waals surface area contributed by atoms with Crippen molar-refractivity contribution in [1.29, 1.82) is 0 Å². The standard InChI is InChI=1S/C13H18N2O3/c1-4-8(2)12(16)15(3)11-6-5-9(13(17)18)7-10(11)14/h5-8H,4,14H2,1-3H3,(H,17,18). The van der Waals surface area contributed by atoms with Crippen LogP contribution in [0.3, 0.4) is 0 Å². The molecule has 0 aliphatic rings. The molecule has 1 atom stereocenters. The van der Waals surface area contributed by atoms with Gasteiger partial charge in [0.25, 0.3) is 0 Å². The second-order valence-corrected chi connectivity index (χ2v) is 4.29. The van der Waals surface area contributed by atoms with Gasteiger partial charge in [-0.25, -0.2) is 4.79 Å². The van der Waals surface area contributed by atoms with Gasteiger partial charge < -0.3 is 15.7 Å². The van der Waals surface area contributed by atoms with Gasteiger partial charge in [-0.15, -0.1) is 0 Å². The van der Waals surface area contributed by atoms with Gasteiger partial charge in [-0.3, -0.25) is 4.79 Å². The molecule has 1 amide bonds. The van der Waals surface area contributed by atoms with Gasteiger partial charge in [-0.2, -0.15) is 0 Å². The summed E-state index contributed by atoms with van der Waals surface area (Å²) in [6, 6.07) is 4.35. The van der Waals surface area contributed by atoms with E-state index in [4.69, 9.17) is 10.8 Å². The fraction of sp³-hybridized carbons (Fsp3) is 0.385. The predicted octanol–water partition coefficient (Wildman–Crippen LogP) is 1.98. The van der Waals surface area contributed by atoms with Crippen LogP contribution in [0.15, 0.2) is 18.2 Å². The molecule has 0 aliphatic heterocycles. The predicted molar refractivity (Wildman–Crippen MR) is 70.7 cm³/mol. The molecule has 5 nitrogen and oxygen atoms in total. The molecule has 0 aromatic heterocycles. The minimum absolute atomic E-state index is 0.0349. The molecule has 0 bridgehead atoms. The number of carbonyl (C=O) groups is 2. The zero-order valence-electron chi connectivity index (χ0n) is 10.8. The molecule has 98 valence electrons. The Morgan fingerprint density at radius 1 is 1.44 bits per heavy atom. The first-order valence-electron chi connectivity index (χ1n) is 5.78. The van der Waals surface area contributed by atoms with Crippen LogP contribution in [0.1, 0.15) is 30.6 Å². The lowest BCUT2D eigenvalue weighted by atomic mass is 10.1. The molecule has 1 aromatic rings. The van der Waals surface area contributed by atoms with E-state index in [1.165, 1.54) is 17.0 Å². The molecule has 3 N–H and O–H groups in total. The number of hydrogen-bond donors (Lipinski definition) is 2. The summed E-state index contributed by atoms with van der Waals surface area (Å²) in [7, 11) is 1.64. The first kappa shape index (κ1) is 14.0. The van der Waals surface area contributed by atoms with Gasteiger partial charge in [0.1, 0.15) is 0 Å². The van der Waals surface area contributed by atoms with Crippen LogP contribution in [-0.2, 0) is 4.79 Å². The Hall–Kier alpha value is -2.04. The van der Waals surface area contributed by atoms with Gasteiger partial charge >= 0.3 is 5.97 Å². The van der Waals surface area contributed by atoms with Gasteiger partial charge in [-0.05, 0) is 24.6 Å². The Morgan fingerprint density at radius 3 is 2.50 bits per heavy atom. The maximum atomic E-state index is 12.0. The van der Waals surface area contributed by atoms with Crippen LogP contribution in [0.25, 0.3) is 0 Å². The Balaban J connectivity index is 3.04. The maximum Gasteiger partial charge on any atom is 0.335 e. The van der Waals surface area contributed by atoms with E-state index in [1.54, 1.807) is 13.1 Å². The summed E-state index contributed by atoms with van der Waals surface area (Å²) in [5.74, 6) is -1.16. The first-order valence-corrected chi connectivity index (χ1v) is 5.78. The largest absolute Gasteiger partial charge is 0.478 e. The number of nitrogens with two attached hydrogens (primary N) is 1. The number of nitrogens with zero attached hydrogens (tertiary/aromatic N) is 1. The highest BCUT2D eigenvalue weighted by Gasteiger charge is 2.19. The molecule has 0 radical (unpaired) electrons. The van der Waals surface area contributed by atoms with Crippen molar-refractivity contribution in [3.63, 3.8) is 0 Å². The normalized spacial score (nSPS) is 11.9. The van der Waals surface area contributed by atoms with E-state index >= 15 is 0 Å². The van der Waals surface area contributed by atoms with E-state index in [0.717, 1.165) is 6.42 Å². The minimum atomic E-state index is -1.04. The van der Waals surface area contributed by atoms with Crippen molar-refractivity contribution < 1.29 is 14.7 Å². The average Bonchev–Trinajstić information content (AvgIpc) is 2.35. The fourth-order valence-electron chi connectivity index (χ4n) is 1.62. The summed E-state index contributed by atoms with van der Waals surface area (Å²) < 4.78 is 0. The number of hydrogen-bond acceptors (Lipinski definition) is 3. The van der Waals surface area contributed by atoms with Crippen molar-refractivity contribution in [1.82, 2.24) is 0 Å². The van der Waals surface area contributed by atoms with Gasteiger partial charge in [0.2, 0.25) is 5.91 Å². The Morgan fingerprint density at radius 2 is 2.06 bits per heavy atom. The van der Waals surface area contributed by atoms with Gasteiger partial charge in [0.15, 0.2) is 0 Å². The van der Waals surface area contributed by atoms with Gasteiger partial charge in [0, 0.05) is 13.0 Å². The summed E-state index contributed by atoms with van der Waals surface area (Å²) in [5, 5.41) is 8.84. The van der Waals surface area contributed by atoms with Crippen molar-refractivity contribution in [2.75, 3.05) is 17.7 Å². The minimum Gasteiger partial charge on any atom is -0.478 e. The van der Waals surface area contributed by atoms with Gasteiger partial charge in [0.05, 0.1) is 16.9 Å². The van der Waals surface area contributed by atoms with Crippen LogP contribution in [0.2, 0.25) is 0 Å². The van der Waals surface area contributed by atoms with E-state index in [2.05, 4.69) is 0 Å². The molecule has 0 fully saturated rings. The summed E-state index contributed by atoms with van der Waals surface area (Å²) in [6.07, 6.45) is 0.746. The third-order valence-electron chi connectivity index (χ3n) is 3.00. The van der Waals surface area contributed by atoms with Crippen molar-refractivity contribution in [2.45, 2.75) is 20.3 Å². The Bertz CT molecular complexity index is 471. The number of anilines is 2. The van der Waals surface area contributed by atoms with Gasteiger partial charge in [-0.1, -0.05) is 13.8 Å². The van der Waals surface area contributed by atoms with Crippen LogP contribution in [0, 0.1) is 5.92 Å². The Kier molecular flexibility index (Phi) is 4.31. The van der Waals surface area contributed by atoms with Crippen molar-refractivity contribution in [3.05, 3.63) is 23.8 Å². The molecule has 0 heterocycles. The molecular formula is C13H18N2O3. The summed E-state index contributed by atoms with van der Waals surface area (Å²) >= 11 is 0. The number of rotatable bonds is 4. The quantitative estimate of drug-likeness (QED) is 0.800. The molecule has 1 rings (SSSR count). The summed E-state index contributed by atoms with van der Waals surface area (Å²) in [5.41, 5.74) is 6.71. The molecule has 0 saturated heterocycles. The lowest BCUT2D eigenvalue weighted by molar-refractivity contribution is -0.121. The zero-order valence-corrected chi connectivity index (χ0v) is 10.8. The van der Waals surface area contributed by atoms with E-state index in [9.17, 15) is 9.59 Å². The van der Waals surface area contributed by atoms with Crippen LogP contribution >= 0.6 is 0 Å². The third-order valence-corrected chi connectivity index (χ3v) is 3.00. The molecule has 18 heavy (non-hydrogen) atoms. The number of carbonyl (C=O) groups excluding carboxylic acids is 1. The monoisotopic (exact) mass is 250 g/mol. The SMILES string of the molecule is CCC(C)C(=O)N(C)c1ccc(C(=O)O)cc1N. The zero-order chi connectivity index (χ0) is 13.9. The number of aromatic carboxylic acids is 1. The van der Waals surface area contributed by atoms with Crippen LogP contribution in [0.5, 0.6) is 0 Å². The first-order chi connectivity index (χ1) is 8.38. The lowest BCUT2D eigenvalue weighted by Crippen LogP contribution is -2.31. The molecule has 0 saturated carbocycles. The highest BCUT2D eigenvalue weighted by Crippen LogP contribution is 2.25. The molecule has 1 aromatic carbocycles. The molecule has 0 spiro atoms. The van der Waals surface area contributed by atoms with Crippen molar-refractivity contribution >= 4 is 23.3 Å². The third kappa shape index (κ3) is 2.80. The van der Waals surface area contributed by atoms with Crippen LogP contribution in [0.4, 0.5) is 11.4 Å². The van der Waals surface area contributed by atoms with E-state index in [1.807, 2.05) is 13.8 Å². The molecule has 1 unspecified atom stereocenters. The number of carboxylic acids is 1. The van der Waals surface area contributed by atoms with E-state index in [0.29, 0.717) is 5.69 Å². The highest BCUT2D eigenvalue weighted by molar-refractivity contribution is 5.98. The highest BCUT2D eigenvalue weighted by atomic mass is 16.4. The fourth-order valence-corrected chi connectivity index (χ4v) is 1.62. The number of amides is 1. The van der Waals surface area contributed by atoms with Crippen LogP contribution in [-0.4, -0.2) is 24.0 Å². The second kappa shape index (κ2) is 5.53. The second-order valence-electron chi connectivity index (χ2n) is 4.29. The lowest BCUT2D eigenvalue weighted by Gasteiger charge is -2.22. The molecular weight excluding hydrogens is 232 g/mol. The summed E-state index contributed by atoms with van der Waals surface area (Å²) in [6.45, 7) is 3.79. The van der Waals surface area contributed by atoms with Crippen LogP contribution < -0.4 is 10.6 Å². The maximum absolute atomic E-state index is 12.0.